The molecule has 0 aliphatic heterocycles. The average Bonchev–Trinajstić information content (AvgIpc) is 2.62. The molecule has 0 bridgehead atoms. The first kappa shape index (κ1) is 39.4. The number of rotatable bonds is 0. The van der Waals surface area contributed by atoms with Gasteiger partial charge in [0, 0.05) is 0 Å². The molecule has 0 radical (unpaired) electrons. The predicted molar refractivity (Wildman–Crippen MR) is 106 cm³/mol. The third-order valence-corrected chi connectivity index (χ3v) is 3.10. The van der Waals surface area contributed by atoms with Gasteiger partial charge in [0.2, 0.25) is 0 Å². The van der Waals surface area contributed by atoms with Crippen LogP contribution in [0.3, 0.4) is 0 Å². The van der Waals surface area contributed by atoms with E-state index < -0.39 is 7.82 Å². The molecule has 0 aliphatic carbocycles. The van der Waals surface area contributed by atoms with Crippen molar-refractivity contribution >= 4 is 7.82 Å². The van der Waals surface area contributed by atoms with Crippen LogP contribution in [-0.4, -0.2) is 15.3 Å². The molecule has 7 nitrogen and oxygen atoms in total. The number of hydrogen-bond donors (Lipinski definition) is 3. The van der Waals surface area contributed by atoms with E-state index in [1.54, 1.807) is 36.4 Å². The molecule has 11 heteroatoms. The first-order valence-corrected chi connectivity index (χ1v) is 9.83. The zero-order chi connectivity index (χ0) is 22.4. The zero-order valence-electron chi connectivity index (χ0n) is 19.4. The Kier molecular flexibility index (Phi) is 26.7. The van der Waals surface area contributed by atoms with Gasteiger partial charge in [-0.15, -0.1) is 0 Å². The topological polar surface area (TPSA) is 147 Å². The summed E-state index contributed by atoms with van der Waals surface area (Å²) in [6.45, 7) is 5.96. The van der Waals surface area contributed by atoms with Gasteiger partial charge in [0.25, 0.3) is 0 Å². The molecule has 0 aliphatic rings. The van der Waals surface area contributed by atoms with E-state index in [-0.39, 0.29) is 88.7 Å². The van der Waals surface area contributed by atoms with Crippen LogP contribution in [0.25, 0.3) is 0 Å². The van der Waals surface area contributed by atoms with Gasteiger partial charge in [-0.05, 0) is 57.2 Å². The molecular formula is C21H24Na3O7P. The molecular weight excluding hydrogens is 464 g/mol. The Morgan fingerprint density at radius 2 is 0.625 bits per heavy atom. The van der Waals surface area contributed by atoms with Crippen molar-refractivity contribution in [3.63, 3.8) is 0 Å². The van der Waals surface area contributed by atoms with Gasteiger partial charge in [0.05, 0.1) is 0 Å². The number of phosphoric acid groups is 1. The van der Waals surface area contributed by atoms with Gasteiger partial charge >= 0.3 is 88.7 Å². The molecule has 3 rings (SSSR count). The Labute approximate surface area is 255 Å². The Morgan fingerprint density at radius 3 is 0.719 bits per heavy atom. The summed E-state index contributed by atoms with van der Waals surface area (Å²) in [5, 5.41) is 26.3. The standard InChI is InChI=1S/3C7H8O.3Na.H3O4P/c3*1-6-2-4-7(8)5-3-6;;;;1-5(2,3)4/h3*2-5,8H,1H3;;;;(H3,1,2,3,4)/q;;;3*+1;/p-3. The second kappa shape index (κ2) is 21.7. The van der Waals surface area contributed by atoms with Crippen molar-refractivity contribution in [1.82, 2.24) is 0 Å². The van der Waals surface area contributed by atoms with E-state index in [0.29, 0.717) is 17.2 Å². The molecule has 0 saturated carbocycles. The molecule has 32 heavy (non-hydrogen) atoms. The molecule has 158 valence electrons. The Bertz CT molecular complexity index is 695. The van der Waals surface area contributed by atoms with Crippen LogP contribution in [0.4, 0.5) is 0 Å². The van der Waals surface area contributed by atoms with Crippen molar-refractivity contribution in [2.45, 2.75) is 20.8 Å². The van der Waals surface area contributed by atoms with E-state index in [4.69, 9.17) is 34.6 Å². The fourth-order valence-electron chi connectivity index (χ4n) is 1.63. The second-order valence-corrected chi connectivity index (χ2v) is 6.85. The van der Waals surface area contributed by atoms with Crippen LogP contribution in [0.1, 0.15) is 16.7 Å². The quantitative estimate of drug-likeness (QED) is 0.211. The smallest absolute Gasteiger partial charge is 0.822 e. The normalized spacial score (nSPS) is 8.69. The second-order valence-electron chi connectivity index (χ2n) is 5.95. The van der Waals surface area contributed by atoms with Gasteiger partial charge in [-0.1, -0.05) is 53.1 Å². The van der Waals surface area contributed by atoms with E-state index in [9.17, 15) is 0 Å². The van der Waals surface area contributed by atoms with Crippen molar-refractivity contribution < 1.29 is 123 Å². The van der Waals surface area contributed by atoms with Gasteiger partial charge in [-0.25, -0.2) is 0 Å². The number of aromatic hydroxyl groups is 3. The number of phenols is 3. The average molecular weight is 488 g/mol. The molecule has 0 unspecified atom stereocenters. The van der Waals surface area contributed by atoms with E-state index in [2.05, 4.69) is 0 Å². The zero-order valence-corrected chi connectivity index (χ0v) is 26.2. The first-order chi connectivity index (χ1) is 13.4. The third kappa shape index (κ3) is 28.2. The summed E-state index contributed by atoms with van der Waals surface area (Å²) in [4.78, 5) is 25.6. The minimum atomic E-state index is -5.39. The number of hydrogen-bond acceptors (Lipinski definition) is 7. The summed E-state index contributed by atoms with van der Waals surface area (Å²) in [5.41, 5.74) is 3.51. The molecule has 0 atom stereocenters. The Balaban J connectivity index is -0.000000161. The van der Waals surface area contributed by atoms with Gasteiger partial charge in [0.15, 0.2) is 0 Å². The van der Waals surface area contributed by atoms with Gasteiger partial charge in [-0.2, -0.15) is 7.82 Å². The molecule has 0 saturated heterocycles. The van der Waals surface area contributed by atoms with E-state index in [0.717, 1.165) is 0 Å². The summed E-state index contributed by atoms with van der Waals surface area (Å²) >= 11 is 0. The summed E-state index contributed by atoms with van der Waals surface area (Å²) in [6.07, 6.45) is 0. The van der Waals surface area contributed by atoms with Crippen LogP contribution in [0, 0.1) is 20.8 Å². The van der Waals surface area contributed by atoms with Gasteiger partial charge < -0.3 is 34.6 Å². The molecule has 0 spiro atoms. The van der Waals surface area contributed by atoms with Crippen molar-refractivity contribution in [2.75, 3.05) is 0 Å². The summed E-state index contributed by atoms with van der Waals surface area (Å²) in [5.74, 6) is 0.988. The van der Waals surface area contributed by atoms with Crippen molar-refractivity contribution in [3.05, 3.63) is 89.5 Å². The SMILES string of the molecule is Cc1ccc(O)cc1.Cc1ccc(O)cc1.Cc1ccc(O)cc1.O=P([O-])([O-])[O-].[Na+].[Na+].[Na+]. The van der Waals surface area contributed by atoms with E-state index in [1.165, 1.54) is 16.7 Å². The Morgan fingerprint density at radius 1 is 0.500 bits per heavy atom. The maximum absolute atomic E-state index is 8.76. The minimum Gasteiger partial charge on any atom is -0.822 e. The van der Waals surface area contributed by atoms with Crippen LogP contribution in [0.2, 0.25) is 0 Å². The number of benzene rings is 3. The summed E-state index contributed by atoms with van der Waals surface area (Å²) in [6, 6.07) is 21.3. The minimum absolute atomic E-state index is 0. The molecule has 3 aromatic carbocycles. The molecule has 0 fully saturated rings. The fourth-order valence-corrected chi connectivity index (χ4v) is 1.63. The summed E-state index contributed by atoms with van der Waals surface area (Å²) < 4.78 is 8.55. The van der Waals surface area contributed by atoms with Crippen LogP contribution in [-0.2, 0) is 4.57 Å². The molecule has 0 amide bonds. The van der Waals surface area contributed by atoms with Crippen molar-refractivity contribution in [3.8, 4) is 17.2 Å². The molecule has 0 aromatic heterocycles. The van der Waals surface area contributed by atoms with Crippen LogP contribution in [0.5, 0.6) is 17.2 Å². The largest absolute Gasteiger partial charge is 1.00 e. The third-order valence-electron chi connectivity index (χ3n) is 3.10. The maximum Gasteiger partial charge on any atom is 1.00 e. The van der Waals surface area contributed by atoms with Crippen molar-refractivity contribution in [1.29, 1.82) is 0 Å². The summed E-state index contributed by atoms with van der Waals surface area (Å²) in [7, 11) is -5.39. The maximum atomic E-state index is 8.76. The van der Waals surface area contributed by atoms with Crippen LogP contribution < -0.4 is 103 Å². The van der Waals surface area contributed by atoms with Crippen molar-refractivity contribution in [2.24, 2.45) is 0 Å². The fraction of sp³-hybridized carbons (Fsp3) is 0.143. The van der Waals surface area contributed by atoms with Gasteiger partial charge in [0.1, 0.15) is 17.2 Å². The first-order valence-electron chi connectivity index (χ1n) is 8.37. The number of aryl methyl sites for hydroxylation is 3. The van der Waals surface area contributed by atoms with E-state index in [1.807, 2.05) is 57.2 Å². The Hall–Kier alpha value is 0.170. The van der Waals surface area contributed by atoms with Crippen LogP contribution >= 0.6 is 7.82 Å². The monoisotopic (exact) mass is 488 g/mol. The van der Waals surface area contributed by atoms with E-state index >= 15 is 0 Å². The van der Waals surface area contributed by atoms with Gasteiger partial charge in [-0.3, -0.25) is 0 Å². The molecule has 0 heterocycles. The molecule has 3 N–H and O–H groups in total. The molecule has 3 aromatic rings. The van der Waals surface area contributed by atoms with Crippen LogP contribution in [0.15, 0.2) is 72.8 Å². The predicted octanol–water partition coefficient (Wildman–Crippen LogP) is -6.71. The number of phenolic OH excluding ortho intramolecular Hbond substituents is 3.